The van der Waals surface area contributed by atoms with Crippen molar-refractivity contribution in [3.05, 3.63) is 0 Å². The maximum Gasteiger partial charge on any atom is 0.0784 e. The predicted octanol–water partition coefficient (Wildman–Crippen LogP) is 1.57. The second-order valence-electron chi connectivity index (χ2n) is 4.03. The number of ether oxygens (including phenoxy) is 2. The van der Waals surface area contributed by atoms with E-state index in [1.54, 1.807) is 0 Å². The zero-order valence-electron chi connectivity index (χ0n) is 9.58. The van der Waals surface area contributed by atoms with E-state index in [0.29, 0.717) is 12.1 Å². The van der Waals surface area contributed by atoms with Gasteiger partial charge in [-0.2, -0.15) is 0 Å². The summed E-state index contributed by atoms with van der Waals surface area (Å²) in [6.45, 7) is 5.59. The topological polar surface area (TPSA) is 30.5 Å². The Hall–Kier alpha value is -0.120. The molecule has 1 rings (SSSR count). The van der Waals surface area contributed by atoms with Crippen molar-refractivity contribution in [1.29, 1.82) is 0 Å². The first-order chi connectivity index (χ1) is 6.76. The Balaban J connectivity index is 2.12. The molecule has 14 heavy (non-hydrogen) atoms. The highest BCUT2D eigenvalue weighted by molar-refractivity contribution is 4.80. The highest BCUT2D eigenvalue weighted by Crippen LogP contribution is 2.22. The fraction of sp³-hybridized carbons (Fsp3) is 1.00. The first kappa shape index (κ1) is 12.0. The van der Waals surface area contributed by atoms with E-state index in [2.05, 4.69) is 12.2 Å². The summed E-state index contributed by atoms with van der Waals surface area (Å²) in [7, 11) is 2.02. The van der Waals surface area contributed by atoms with Gasteiger partial charge in [0.25, 0.3) is 0 Å². The SMILES string of the molecule is CCOCC(C)OC1CCC(NC)C1. The quantitative estimate of drug-likeness (QED) is 0.707. The van der Waals surface area contributed by atoms with Crippen molar-refractivity contribution >= 4 is 0 Å². The summed E-state index contributed by atoms with van der Waals surface area (Å²) in [5.41, 5.74) is 0. The summed E-state index contributed by atoms with van der Waals surface area (Å²) in [6.07, 6.45) is 4.23. The Bertz CT molecular complexity index is 152. The lowest BCUT2D eigenvalue weighted by Gasteiger charge is -2.18. The van der Waals surface area contributed by atoms with E-state index < -0.39 is 0 Å². The Morgan fingerprint density at radius 2 is 2.21 bits per heavy atom. The average molecular weight is 201 g/mol. The van der Waals surface area contributed by atoms with Crippen LogP contribution in [0.5, 0.6) is 0 Å². The number of nitrogens with one attached hydrogen (secondary N) is 1. The van der Waals surface area contributed by atoms with E-state index in [1.165, 1.54) is 12.8 Å². The van der Waals surface area contributed by atoms with Crippen molar-refractivity contribution in [2.24, 2.45) is 0 Å². The van der Waals surface area contributed by atoms with E-state index >= 15 is 0 Å². The van der Waals surface area contributed by atoms with Gasteiger partial charge in [0.05, 0.1) is 18.8 Å². The van der Waals surface area contributed by atoms with Crippen LogP contribution in [0.15, 0.2) is 0 Å². The van der Waals surface area contributed by atoms with Crippen LogP contribution >= 0.6 is 0 Å². The van der Waals surface area contributed by atoms with Gasteiger partial charge in [0.15, 0.2) is 0 Å². The molecule has 3 atom stereocenters. The van der Waals surface area contributed by atoms with Gasteiger partial charge in [-0.25, -0.2) is 0 Å². The molecule has 0 heterocycles. The van der Waals surface area contributed by atoms with Crippen molar-refractivity contribution < 1.29 is 9.47 Å². The summed E-state index contributed by atoms with van der Waals surface area (Å²) in [5.74, 6) is 0. The standard InChI is InChI=1S/C11H23NO2/c1-4-13-8-9(2)14-11-6-5-10(7-11)12-3/h9-12H,4-8H2,1-3H3. The number of rotatable bonds is 6. The van der Waals surface area contributed by atoms with E-state index in [9.17, 15) is 0 Å². The molecule has 0 bridgehead atoms. The second kappa shape index (κ2) is 6.38. The van der Waals surface area contributed by atoms with Crippen LogP contribution in [0.2, 0.25) is 0 Å². The van der Waals surface area contributed by atoms with E-state index in [-0.39, 0.29) is 6.10 Å². The van der Waals surface area contributed by atoms with Crippen LogP contribution in [-0.2, 0) is 9.47 Å². The molecular weight excluding hydrogens is 178 g/mol. The third-order valence-electron chi connectivity index (χ3n) is 2.77. The zero-order chi connectivity index (χ0) is 10.4. The van der Waals surface area contributed by atoms with Crippen LogP contribution < -0.4 is 5.32 Å². The lowest BCUT2D eigenvalue weighted by molar-refractivity contribution is -0.0438. The molecule has 0 aromatic heterocycles. The Labute approximate surface area is 87.2 Å². The molecule has 3 unspecified atom stereocenters. The van der Waals surface area contributed by atoms with Crippen molar-refractivity contribution in [2.75, 3.05) is 20.3 Å². The monoisotopic (exact) mass is 201 g/mol. The molecule has 1 aliphatic carbocycles. The molecule has 0 aromatic carbocycles. The summed E-state index contributed by atoms with van der Waals surface area (Å²) in [6, 6.07) is 0.652. The molecule has 3 nitrogen and oxygen atoms in total. The van der Waals surface area contributed by atoms with Crippen LogP contribution in [0.4, 0.5) is 0 Å². The van der Waals surface area contributed by atoms with Gasteiger partial charge < -0.3 is 14.8 Å². The molecule has 1 fully saturated rings. The lowest BCUT2D eigenvalue weighted by atomic mass is 10.2. The zero-order valence-corrected chi connectivity index (χ0v) is 9.58. The molecule has 84 valence electrons. The fourth-order valence-corrected chi connectivity index (χ4v) is 1.98. The largest absolute Gasteiger partial charge is 0.379 e. The Kier molecular flexibility index (Phi) is 5.45. The first-order valence-corrected chi connectivity index (χ1v) is 5.66. The average Bonchev–Trinajstić information content (AvgIpc) is 2.62. The Morgan fingerprint density at radius 1 is 1.43 bits per heavy atom. The van der Waals surface area contributed by atoms with Gasteiger partial charge in [-0.05, 0) is 40.2 Å². The highest BCUT2D eigenvalue weighted by atomic mass is 16.5. The molecule has 0 saturated heterocycles. The van der Waals surface area contributed by atoms with Crippen molar-refractivity contribution in [3.8, 4) is 0 Å². The van der Waals surface area contributed by atoms with Crippen molar-refractivity contribution in [1.82, 2.24) is 5.32 Å². The maximum atomic E-state index is 5.88. The smallest absolute Gasteiger partial charge is 0.0784 e. The minimum Gasteiger partial charge on any atom is -0.379 e. The first-order valence-electron chi connectivity index (χ1n) is 5.66. The molecule has 1 saturated carbocycles. The van der Waals surface area contributed by atoms with Crippen LogP contribution in [-0.4, -0.2) is 38.5 Å². The van der Waals surface area contributed by atoms with E-state index in [1.807, 2.05) is 14.0 Å². The summed E-state index contributed by atoms with van der Waals surface area (Å²) < 4.78 is 11.2. The summed E-state index contributed by atoms with van der Waals surface area (Å²) >= 11 is 0. The molecule has 1 aliphatic rings. The molecule has 0 aromatic rings. The normalized spacial score (nSPS) is 29.4. The van der Waals surface area contributed by atoms with Gasteiger partial charge in [-0.15, -0.1) is 0 Å². The summed E-state index contributed by atoms with van der Waals surface area (Å²) in [5, 5.41) is 3.30. The Morgan fingerprint density at radius 3 is 2.79 bits per heavy atom. The van der Waals surface area contributed by atoms with Gasteiger partial charge in [0.1, 0.15) is 0 Å². The van der Waals surface area contributed by atoms with Gasteiger partial charge >= 0.3 is 0 Å². The van der Waals surface area contributed by atoms with Gasteiger partial charge in [0.2, 0.25) is 0 Å². The molecule has 3 heteroatoms. The molecule has 0 aliphatic heterocycles. The number of hydrogen-bond acceptors (Lipinski definition) is 3. The molecule has 1 N–H and O–H groups in total. The predicted molar refractivity (Wildman–Crippen MR) is 57.5 cm³/mol. The summed E-state index contributed by atoms with van der Waals surface area (Å²) in [4.78, 5) is 0. The molecular formula is C11H23NO2. The van der Waals surface area contributed by atoms with Gasteiger partial charge in [-0.1, -0.05) is 0 Å². The molecule has 0 amide bonds. The molecule has 0 spiro atoms. The minimum atomic E-state index is 0.232. The second-order valence-corrected chi connectivity index (χ2v) is 4.03. The minimum absolute atomic E-state index is 0.232. The third kappa shape index (κ3) is 3.95. The molecule has 0 radical (unpaired) electrons. The van der Waals surface area contributed by atoms with Crippen molar-refractivity contribution in [3.63, 3.8) is 0 Å². The van der Waals surface area contributed by atoms with E-state index in [4.69, 9.17) is 9.47 Å². The van der Waals surface area contributed by atoms with Crippen LogP contribution in [0.3, 0.4) is 0 Å². The van der Waals surface area contributed by atoms with Crippen LogP contribution in [0.25, 0.3) is 0 Å². The number of hydrogen-bond donors (Lipinski definition) is 1. The fourth-order valence-electron chi connectivity index (χ4n) is 1.98. The van der Waals surface area contributed by atoms with Gasteiger partial charge in [-0.3, -0.25) is 0 Å². The van der Waals surface area contributed by atoms with Crippen LogP contribution in [0.1, 0.15) is 33.1 Å². The highest BCUT2D eigenvalue weighted by Gasteiger charge is 2.25. The van der Waals surface area contributed by atoms with Gasteiger partial charge in [0, 0.05) is 12.6 Å². The third-order valence-corrected chi connectivity index (χ3v) is 2.77. The maximum absolute atomic E-state index is 5.88. The van der Waals surface area contributed by atoms with E-state index in [0.717, 1.165) is 19.6 Å². The lowest BCUT2D eigenvalue weighted by Crippen LogP contribution is -2.25. The van der Waals surface area contributed by atoms with Crippen LogP contribution in [0, 0.1) is 0 Å². The van der Waals surface area contributed by atoms with Crippen molar-refractivity contribution in [2.45, 2.75) is 51.4 Å².